The highest BCUT2D eigenvalue weighted by atomic mass is 16.5. The Morgan fingerprint density at radius 3 is 2.80 bits per heavy atom. The highest BCUT2D eigenvalue weighted by Crippen LogP contribution is 2.26. The number of para-hydroxylation sites is 2. The lowest BCUT2D eigenvalue weighted by atomic mass is 10.00. The summed E-state index contributed by atoms with van der Waals surface area (Å²) in [5.41, 5.74) is 0. The maximum absolute atomic E-state index is 9.13. The summed E-state index contributed by atoms with van der Waals surface area (Å²) in [6, 6.07) is 8.24. The number of methoxy groups -OCH3 is 1. The van der Waals surface area contributed by atoms with E-state index in [1.807, 2.05) is 24.3 Å². The Morgan fingerprint density at radius 1 is 1.25 bits per heavy atom. The van der Waals surface area contributed by atoms with Crippen LogP contribution in [0.25, 0.3) is 0 Å². The van der Waals surface area contributed by atoms with Gasteiger partial charge in [-0.25, -0.2) is 0 Å². The van der Waals surface area contributed by atoms with E-state index in [0.717, 1.165) is 31.0 Å². The number of nitrogens with zero attached hydrogens (tertiary/aromatic N) is 1. The van der Waals surface area contributed by atoms with Gasteiger partial charge in [0.2, 0.25) is 0 Å². The van der Waals surface area contributed by atoms with Gasteiger partial charge >= 0.3 is 0 Å². The second-order valence-electron chi connectivity index (χ2n) is 5.20. The van der Waals surface area contributed by atoms with Crippen LogP contribution in [0.1, 0.15) is 25.7 Å². The lowest BCUT2D eigenvalue weighted by molar-refractivity contribution is 0.101. The quantitative estimate of drug-likeness (QED) is 0.831. The van der Waals surface area contributed by atoms with Crippen molar-refractivity contribution in [1.29, 1.82) is 0 Å². The van der Waals surface area contributed by atoms with E-state index in [1.165, 1.54) is 19.3 Å². The Kier molecular flexibility index (Phi) is 6.15. The Balaban J connectivity index is 1.82. The summed E-state index contributed by atoms with van der Waals surface area (Å²) in [4.78, 5) is 2.44. The molecule has 1 atom stereocenters. The Bertz CT molecular complexity index is 395. The van der Waals surface area contributed by atoms with Crippen molar-refractivity contribution < 1.29 is 14.6 Å². The number of aliphatic hydroxyl groups is 1. The minimum Gasteiger partial charge on any atom is -0.493 e. The van der Waals surface area contributed by atoms with Crippen molar-refractivity contribution >= 4 is 0 Å². The standard InChI is InChI=1S/C16H25NO3/c1-19-15-7-2-3-8-16(15)20-13-11-17-10-5-4-6-14(17)9-12-18/h2-3,7-8,14,18H,4-6,9-13H2,1H3. The lowest BCUT2D eigenvalue weighted by Gasteiger charge is -2.35. The van der Waals surface area contributed by atoms with Gasteiger partial charge in [-0.05, 0) is 37.9 Å². The van der Waals surface area contributed by atoms with Crippen LogP contribution in [0.2, 0.25) is 0 Å². The van der Waals surface area contributed by atoms with Crippen molar-refractivity contribution in [2.45, 2.75) is 31.7 Å². The van der Waals surface area contributed by atoms with Gasteiger partial charge in [0, 0.05) is 19.2 Å². The van der Waals surface area contributed by atoms with Crippen molar-refractivity contribution in [3.63, 3.8) is 0 Å². The summed E-state index contributed by atoms with van der Waals surface area (Å²) in [7, 11) is 1.66. The van der Waals surface area contributed by atoms with Gasteiger partial charge in [-0.3, -0.25) is 4.90 Å². The zero-order valence-electron chi connectivity index (χ0n) is 12.3. The minimum absolute atomic E-state index is 0.272. The van der Waals surface area contributed by atoms with E-state index >= 15 is 0 Å². The van der Waals surface area contributed by atoms with Crippen molar-refractivity contribution in [2.75, 3.05) is 33.4 Å². The van der Waals surface area contributed by atoms with Crippen LogP contribution in [0.4, 0.5) is 0 Å². The number of benzene rings is 1. The predicted molar refractivity (Wildman–Crippen MR) is 79.4 cm³/mol. The van der Waals surface area contributed by atoms with E-state index < -0.39 is 0 Å². The summed E-state index contributed by atoms with van der Waals surface area (Å²) >= 11 is 0. The molecule has 0 aliphatic carbocycles. The molecule has 0 spiro atoms. The van der Waals surface area contributed by atoms with Crippen LogP contribution in [0.15, 0.2) is 24.3 Å². The third kappa shape index (κ3) is 4.12. The van der Waals surface area contributed by atoms with Crippen LogP contribution in [-0.4, -0.2) is 49.5 Å². The van der Waals surface area contributed by atoms with Crippen molar-refractivity contribution in [3.8, 4) is 11.5 Å². The smallest absolute Gasteiger partial charge is 0.161 e. The molecule has 2 rings (SSSR count). The molecule has 0 amide bonds. The van der Waals surface area contributed by atoms with E-state index in [4.69, 9.17) is 14.6 Å². The largest absolute Gasteiger partial charge is 0.493 e. The van der Waals surface area contributed by atoms with Crippen LogP contribution in [-0.2, 0) is 0 Å². The minimum atomic E-state index is 0.272. The van der Waals surface area contributed by atoms with E-state index in [1.54, 1.807) is 7.11 Å². The van der Waals surface area contributed by atoms with Gasteiger partial charge in [-0.2, -0.15) is 0 Å². The molecule has 0 radical (unpaired) electrons. The molecule has 4 heteroatoms. The van der Waals surface area contributed by atoms with Gasteiger partial charge in [0.25, 0.3) is 0 Å². The first-order chi connectivity index (χ1) is 9.85. The van der Waals surface area contributed by atoms with Crippen LogP contribution >= 0.6 is 0 Å². The number of hydrogen-bond donors (Lipinski definition) is 1. The molecule has 1 N–H and O–H groups in total. The summed E-state index contributed by atoms with van der Waals surface area (Å²) in [6.45, 7) is 2.94. The molecular formula is C16H25NO3. The maximum Gasteiger partial charge on any atom is 0.161 e. The molecular weight excluding hydrogens is 254 g/mol. The molecule has 1 aliphatic heterocycles. The molecule has 1 fully saturated rings. The van der Waals surface area contributed by atoms with Gasteiger partial charge in [0.1, 0.15) is 6.61 Å². The third-order valence-corrected chi connectivity index (χ3v) is 3.92. The monoisotopic (exact) mass is 279 g/mol. The molecule has 1 aromatic carbocycles. The highest BCUT2D eigenvalue weighted by Gasteiger charge is 2.21. The number of ether oxygens (including phenoxy) is 2. The Hall–Kier alpha value is -1.26. The van der Waals surface area contributed by atoms with E-state index in [2.05, 4.69) is 4.90 Å². The molecule has 0 saturated carbocycles. The average Bonchev–Trinajstić information content (AvgIpc) is 2.50. The molecule has 1 unspecified atom stereocenters. The molecule has 20 heavy (non-hydrogen) atoms. The highest BCUT2D eigenvalue weighted by molar-refractivity contribution is 5.39. The van der Waals surface area contributed by atoms with Gasteiger partial charge in [-0.1, -0.05) is 18.6 Å². The molecule has 1 aliphatic rings. The van der Waals surface area contributed by atoms with E-state index in [0.29, 0.717) is 12.6 Å². The zero-order valence-corrected chi connectivity index (χ0v) is 12.3. The molecule has 0 aromatic heterocycles. The second kappa shape index (κ2) is 8.12. The zero-order chi connectivity index (χ0) is 14.2. The normalized spacial score (nSPS) is 19.8. The molecule has 1 heterocycles. The van der Waals surface area contributed by atoms with Crippen LogP contribution < -0.4 is 9.47 Å². The lowest BCUT2D eigenvalue weighted by Crippen LogP contribution is -2.42. The van der Waals surface area contributed by atoms with Gasteiger partial charge in [0.15, 0.2) is 11.5 Å². The molecule has 0 bridgehead atoms. The van der Waals surface area contributed by atoms with Crippen molar-refractivity contribution in [2.24, 2.45) is 0 Å². The number of rotatable bonds is 7. The fraction of sp³-hybridized carbons (Fsp3) is 0.625. The molecule has 112 valence electrons. The van der Waals surface area contributed by atoms with Gasteiger partial charge in [0.05, 0.1) is 7.11 Å². The number of piperidine rings is 1. The first-order valence-electron chi connectivity index (χ1n) is 7.46. The number of aliphatic hydroxyl groups excluding tert-OH is 1. The van der Waals surface area contributed by atoms with E-state index in [9.17, 15) is 0 Å². The summed E-state index contributed by atoms with van der Waals surface area (Å²) < 4.78 is 11.1. The summed E-state index contributed by atoms with van der Waals surface area (Å²) in [5.74, 6) is 1.57. The van der Waals surface area contributed by atoms with Gasteiger partial charge in [-0.15, -0.1) is 0 Å². The average molecular weight is 279 g/mol. The fourth-order valence-corrected chi connectivity index (χ4v) is 2.84. The van der Waals surface area contributed by atoms with Crippen molar-refractivity contribution in [1.82, 2.24) is 4.90 Å². The molecule has 1 aromatic rings. The van der Waals surface area contributed by atoms with Crippen LogP contribution in [0.3, 0.4) is 0 Å². The fourth-order valence-electron chi connectivity index (χ4n) is 2.84. The summed E-state index contributed by atoms with van der Waals surface area (Å²) in [6.07, 6.45) is 4.58. The van der Waals surface area contributed by atoms with Crippen LogP contribution in [0.5, 0.6) is 11.5 Å². The molecule has 4 nitrogen and oxygen atoms in total. The Labute approximate surface area is 121 Å². The summed E-state index contributed by atoms with van der Waals surface area (Å²) in [5, 5.41) is 9.13. The number of likely N-dealkylation sites (tertiary alicyclic amines) is 1. The van der Waals surface area contributed by atoms with Crippen molar-refractivity contribution in [3.05, 3.63) is 24.3 Å². The number of hydrogen-bond acceptors (Lipinski definition) is 4. The third-order valence-electron chi connectivity index (χ3n) is 3.92. The van der Waals surface area contributed by atoms with Gasteiger partial charge < -0.3 is 14.6 Å². The topological polar surface area (TPSA) is 41.9 Å². The first kappa shape index (κ1) is 15.1. The van der Waals surface area contributed by atoms with Crippen LogP contribution in [0, 0.1) is 0 Å². The van der Waals surface area contributed by atoms with E-state index in [-0.39, 0.29) is 6.61 Å². The molecule has 1 saturated heterocycles. The second-order valence-corrected chi connectivity index (χ2v) is 5.20. The SMILES string of the molecule is COc1ccccc1OCCN1CCCCC1CCO. The first-order valence-corrected chi connectivity index (χ1v) is 7.46. The maximum atomic E-state index is 9.13. The Morgan fingerprint density at radius 2 is 2.05 bits per heavy atom. The predicted octanol–water partition coefficient (Wildman–Crippen LogP) is 2.31.